The topological polar surface area (TPSA) is 93.2 Å². The van der Waals surface area contributed by atoms with Crippen LogP contribution in [0.15, 0.2) is 4.34 Å². The predicted molar refractivity (Wildman–Crippen MR) is 95.4 cm³/mol. The van der Waals surface area contributed by atoms with Crippen LogP contribution < -0.4 is 10.6 Å². The summed E-state index contributed by atoms with van der Waals surface area (Å²) < 4.78 is 5.64. The van der Waals surface area contributed by atoms with Gasteiger partial charge in [-0.25, -0.2) is 0 Å². The van der Waals surface area contributed by atoms with Crippen molar-refractivity contribution in [1.82, 2.24) is 15.5 Å². The van der Waals surface area contributed by atoms with E-state index >= 15 is 0 Å². The number of esters is 1. The van der Waals surface area contributed by atoms with Crippen LogP contribution in [0.5, 0.6) is 0 Å². The second-order valence-corrected chi connectivity index (χ2v) is 7.85. The summed E-state index contributed by atoms with van der Waals surface area (Å²) in [7, 11) is 0. The minimum absolute atomic E-state index is 0.124. The molecule has 1 amide bonds. The van der Waals surface area contributed by atoms with E-state index in [4.69, 9.17) is 4.74 Å². The van der Waals surface area contributed by atoms with Gasteiger partial charge in [0.2, 0.25) is 5.13 Å². The Morgan fingerprint density at radius 1 is 1.29 bits per heavy atom. The van der Waals surface area contributed by atoms with E-state index < -0.39 is 5.97 Å². The van der Waals surface area contributed by atoms with Crippen LogP contribution in [0.1, 0.15) is 45.4 Å². The number of nitrogens with zero attached hydrogens (tertiary/aromatic N) is 2. The Bertz CT molecular complexity index is 533. The molecule has 0 aromatic carbocycles. The second-order valence-electron chi connectivity index (χ2n) is 5.65. The Labute approximate surface area is 150 Å². The highest BCUT2D eigenvalue weighted by molar-refractivity contribution is 8.01. The Balaban J connectivity index is 1.64. The minimum atomic E-state index is -0.427. The summed E-state index contributed by atoms with van der Waals surface area (Å²) in [6.07, 6.45) is 7.03. The van der Waals surface area contributed by atoms with Gasteiger partial charge in [0.1, 0.15) is 0 Å². The van der Waals surface area contributed by atoms with E-state index in [1.807, 2.05) is 6.92 Å². The van der Waals surface area contributed by atoms with Crippen molar-refractivity contribution in [3.63, 3.8) is 0 Å². The normalized spacial score (nSPS) is 15.0. The molecule has 134 valence electrons. The summed E-state index contributed by atoms with van der Waals surface area (Å²) in [6, 6.07) is 0.483. The molecular formula is C15H24N4O3S2. The first kappa shape index (κ1) is 19.0. The number of amides is 1. The molecule has 1 heterocycles. The smallest absolute Gasteiger partial charge is 0.316 e. The van der Waals surface area contributed by atoms with E-state index in [2.05, 4.69) is 20.8 Å². The molecule has 2 rings (SSSR count). The molecule has 9 heteroatoms. The Kier molecular flexibility index (Phi) is 8.31. The standard InChI is InChI=1S/C15H24N4O3S2/c1-2-8-16-12(20)9-22-13(21)10-23-15-19-18-14(24-15)17-11-6-4-3-5-7-11/h11H,2-10H2,1H3,(H,16,20)(H,17,18). The largest absolute Gasteiger partial charge is 0.455 e. The zero-order chi connectivity index (χ0) is 17.2. The van der Waals surface area contributed by atoms with Crippen LogP contribution in [-0.2, 0) is 14.3 Å². The number of rotatable bonds is 9. The molecule has 1 aliphatic carbocycles. The van der Waals surface area contributed by atoms with Gasteiger partial charge in [0.15, 0.2) is 10.9 Å². The molecule has 1 saturated carbocycles. The van der Waals surface area contributed by atoms with Crippen LogP contribution in [0.25, 0.3) is 0 Å². The van der Waals surface area contributed by atoms with Crippen LogP contribution >= 0.6 is 23.1 Å². The molecule has 0 spiro atoms. The number of anilines is 1. The monoisotopic (exact) mass is 372 g/mol. The van der Waals surface area contributed by atoms with Crippen molar-refractivity contribution in [3.05, 3.63) is 0 Å². The third kappa shape index (κ3) is 7.04. The number of carbonyl (C=O) groups is 2. The number of nitrogens with one attached hydrogen (secondary N) is 2. The SMILES string of the molecule is CCCNC(=O)COC(=O)CSc1nnc(NC2CCCCC2)s1. The van der Waals surface area contributed by atoms with Gasteiger partial charge < -0.3 is 15.4 Å². The van der Waals surface area contributed by atoms with Crippen molar-refractivity contribution < 1.29 is 14.3 Å². The average Bonchev–Trinajstić information content (AvgIpc) is 3.04. The summed E-state index contributed by atoms with van der Waals surface area (Å²) in [5.74, 6) is -0.576. The Morgan fingerprint density at radius 2 is 2.08 bits per heavy atom. The molecule has 0 saturated heterocycles. The van der Waals surface area contributed by atoms with Crippen molar-refractivity contribution in [1.29, 1.82) is 0 Å². The summed E-state index contributed by atoms with van der Waals surface area (Å²) in [5.41, 5.74) is 0. The van der Waals surface area contributed by atoms with Crippen molar-refractivity contribution in [2.24, 2.45) is 0 Å². The van der Waals surface area contributed by atoms with E-state index in [0.29, 0.717) is 12.6 Å². The van der Waals surface area contributed by atoms with Gasteiger partial charge in [-0.2, -0.15) is 0 Å². The average molecular weight is 373 g/mol. The van der Waals surface area contributed by atoms with Gasteiger partial charge in [-0.15, -0.1) is 10.2 Å². The van der Waals surface area contributed by atoms with Crippen molar-refractivity contribution in [2.45, 2.75) is 55.8 Å². The molecule has 1 aromatic rings. The fourth-order valence-electron chi connectivity index (χ4n) is 2.37. The zero-order valence-corrected chi connectivity index (χ0v) is 15.5. The van der Waals surface area contributed by atoms with Gasteiger partial charge >= 0.3 is 5.97 Å². The minimum Gasteiger partial charge on any atom is -0.455 e. The van der Waals surface area contributed by atoms with Gasteiger partial charge in [0.25, 0.3) is 5.91 Å². The van der Waals surface area contributed by atoms with Crippen LogP contribution in [0.4, 0.5) is 5.13 Å². The van der Waals surface area contributed by atoms with Gasteiger partial charge in [-0.05, 0) is 19.3 Å². The zero-order valence-electron chi connectivity index (χ0n) is 13.9. The number of hydrogen-bond donors (Lipinski definition) is 2. The van der Waals surface area contributed by atoms with Crippen molar-refractivity contribution in [2.75, 3.05) is 24.2 Å². The maximum Gasteiger partial charge on any atom is 0.316 e. The third-order valence-electron chi connectivity index (χ3n) is 3.59. The lowest BCUT2D eigenvalue weighted by Gasteiger charge is -2.21. The highest BCUT2D eigenvalue weighted by Crippen LogP contribution is 2.28. The van der Waals surface area contributed by atoms with Gasteiger partial charge in [0.05, 0.1) is 5.75 Å². The summed E-state index contributed by atoms with van der Waals surface area (Å²) in [5, 5.41) is 15.1. The first-order valence-electron chi connectivity index (χ1n) is 8.32. The Hall–Kier alpha value is -1.35. The number of aromatic nitrogens is 2. The van der Waals surface area contributed by atoms with E-state index in [-0.39, 0.29) is 18.3 Å². The lowest BCUT2D eigenvalue weighted by Crippen LogP contribution is -2.29. The first-order valence-corrected chi connectivity index (χ1v) is 10.1. The molecule has 0 aliphatic heterocycles. The van der Waals surface area contributed by atoms with E-state index in [9.17, 15) is 9.59 Å². The molecule has 0 unspecified atom stereocenters. The quantitative estimate of drug-likeness (QED) is 0.508. The number of carbonyl (C=O) groups excluding carboxylic acids is 2. The molecule has 7 nitrogen and oxygen atoms in total. The van der Waals surface area contributed by atoms with Gasteiger partial charge in [-0.1, -0.05) is 49.3 Å². The van der Waals surface area contributed by atoms with E-state index in [0.717, 1.165) is 15.9 Å². The van der Waals surface area contributed by atoms with Crippen LogP contribution in [0.3, 0.4) is 0 Å². The summed E-state index contributed by atoms with van der Waals surface area (Å²) in [6.45, 7) is 2.32. The first-order chi connectivity index (χ1) is 11.7. The highest BCUT2D eigenvalue weighted by Gasteiger charge is 2.16. The molecule has 2 N–H and O–H groups in total. The van der Waals surface area contributed by atoms with Gasteiger partial charge in [-0.3, -0.25) is 9.59 Å². The molecule has 1 aromatic heterocycles. The Morgan fingerprint density at radius 3 is 2.83 bits per heavy atom. The maximum atomic E-state index is 11.6. The second kappa shape index (κ2) is 10.5. The number of ether oxygens (including phenoxy) is 1. The summed E-state index contributed by atoms with van der Waals surface area (Å²) >= 11 is 2.73. The highest BCUT2D eigenvalue weighted by atomic mass is 32.2. The van der Waals surface area contributed by atoms with E-state index in [1.165, 1.54) is 55.2 Å². The number of thioether (sulfide) groups is 1. The lowest BCUT2D eigenvalue weighted by atomic mass is 9.96. The van der Waals surface area contributed by atoms with Crippen molar-refractivity contribution >= 4 is 40.1 Å². The fourth-order valence-corrected chi connectivity index (χ4v) is 4.00. The van der Waals surface area contributed by atoms with Crippen LogP contribution in [-0.4, -0.2) is 47.0 Å². The van der Waals surface area contributed by atoms with Crippen LogP contribution in [0.2, 0.25) is 0 Å². The predicted octanol–water partition coefficient (Wildman–Crippen LogP) is 2.44. The van der Waals surface area contributed by atoms with Crippen molar-refractivity contribution in [3.8, 4) is 0 Å². The number of hydrogen-bond acceptors (Lipinski definition) is 8. The molecule has 24 heavy (non-hydrogen) atoms. The molecule has 1 fully saturated rings. The molecule has 1 aliphatic rings. The molecule has 0 radical (unpaired) electrons. The van der Waals surface area contributed by atoms with E-state index in [1.54, 1.807) is 0 Å². The fraction of sp³-hybridized carbons (Fsp3) is 0.733. The lowest BCUT2D eigenvalue weighted by molar-refractivity contribution is -0.145. The molecule has 0 bridgehead atoms. The van der Waals surface area contributed by atoms with Gasteiger partial charge in [0, 0.05) is 12.6 Å². The third-order valence-corrected chi connectivity index (χ3v) is 5.55. The molecular weight excluding hydrogens is 348 g/mol. The summed E-state index contributed by atoms with van der Waals surface area (Å²) in [4.78, 5) is 23.0. The molecule has 0 atom stereocenters. The maximum absolute atomic E-state index is 11.6. The van der Waals surface area contributed by atoms with Crippen LogP contribution in [0, 0.1) is 0 Å².